The highest BCUT2D eigenvalue weighted by Gasteiger charge is 2.39. The summed E-state index contributed by atoms with van der Waals surface area (Å²) >= 11 is 0. The summed E-state index contributed by atoms with van der Waals surface area (Å²) in [5.74, 6) is -0.594. The molecule has 202 valence electrons. The van der Waals surface area contributed by atoms with E-state index in [4.69, 9.17) is 0 Å². The Labute approximate surface area is 225 Å². The van der Waals surface area contributed by atoms with Crippen LogP contribution < -0.4 is 10.2 Å². The summed E-state index contributed by atoms with van der Waals surface area (Å²) in [6.45, 7) is 11.3. The number of Topliss-reactive ketones (excluding diaryl/α,β-unsaturated/α-hetero) is 1. The number of carbonyl (C=O) groups is 3. The number of aliphatic hydroxyl groups excluding tert-OH is 1. The van der Waals surface area contributed by atoms with Crippen molar-refractivity contribution in [3.63, 3.8) is 0 Å². The number of carbonyl (C=O) groups excluding carboxylic acids is 3. The van der Waals surface area contributed by atoms with Crippen LogP contribution in [0.15, 0.2) is 59.0 Å². The van der Waals surface area contributed by atoms with Crippen LogP contribution in [0.1, 0.15) is 65.4 Å². The van der Waals surface area contributed by atoms with Gasteiger partial charge in [0.2, 0.25) is 11.7 Å². The van der Waals surface area contributed by atoms with Crippen LogP contribution >= 0.6 is 0 Å². The van der Waals surface area contributed by atoms with Crippen molar-refractivity contribution in [2.45, 2.75) is 59.8 Å². The molecule has 3 aliphatic carbocycles. The van der Waals surface area contributed by atoms with Crippen molar-refractivity contribution in [3.05, 3.63) is 64.6 Å². The molecule has 0 atom stereocenters. The van der Waals surface area contributed by atoms with Crippen molar-refractivity contribution in [1.29, 1.82) is 0 Å². The van der Waals surface area contributed by atoms with Gasteiger partial charge in [0, 0.05) is 61.2 Å². The number of hydrogen-bond donors (Lipinski definition) is 2. The zero-order valence-electron chi connectivity index (χ0n) is 23.0. The molecule has 0 heterocycles. The van der Waals surface area contributed by atoms with Crippen LogP contribution in [0.4, 0.5) is 11.4 Å². The predicted octanol–water partition coefficient (Wildman–Crippen LogP) is 5.56. The first-order chi connectivity index (χ1) is 18.3. The lowest BCUT2D eigenvalue weighted by atomic mass is 9.78. The number of benzene rings is 1. The molecule has 0 radical (unpaired) electrons. The molecule has 4 rings (SSSR count). The molecular weight excluding hydrogens is 478 g/mol. The molecule has 0 unspecified atom stereocenters. The van der Waals surface area contributed by atoms with Crippen LogP contribution in [0.5, 0.6) is 0 Å². The van der Waals surface area contributed by atoms with E-state index in [0.29, 0.717) is 23.6 Å². The number of amides is 1. The average molecular weight is 518 g/mol. The maximum atomic E-state index is 13.4. The Bertz CT molecular complexity index is 1240. The van der Waals surface area contributed by atoms with Gasteiger partial charge in [0.15, 0.2) is 5.78 Å². The topological polar surface area (TPSA) is 90.0 Å². The predicted molar refractivity (Wildman–Crippen MR) is 152 cm³/mol. The summed E-state index contributed by atoms with van der Waals surface area (Å²) in [6.07, 6.45) is 9.83. The largest absolute Gasteiger partial charge is 0.506 e. The Kier molecular flexibility index (Phi) is 8.55. The molecular formula is C31H39N3O4. The van der Waals surface area contributed by atoms with Crippen molar-refractivity contribution in [2.75, 3.05) is 36.4 Å². The monoisotopic (exact) mass is 517 g/mol. The van der Waals surface area contributed by atoms with Crippen molar-refractivity contribution < 1.29 is 19.5 Å². The zero-order valence-corrected chi connectivity index (χ0v) is 23.0. The van der Waals surface area contributed by atoms with Gasteiger partial charge in [0.05, 0.1) is 16.8 Å². The minimum absolute atomic E-state index is 0.0344. The summed E-state index contributed by atoms with van der Waals surface area (Å²) in [6, 6.07) is 5.55. The second kappa shape index (κ2) is 11.8. The van der Waals surface area contributed by atoms with Crippen molar-refractivity contribution in [2.24, 2.45) is 5.92 Å². The van der Waals surface area contributed by atoms with Gasteiger partial charge in [-0.05, 0) is 76.8 Å². The molecule has 1 saturated carbocycles. The molecule has 7 nitrogen and oxygen atoms in total. The van der Waals surface area contributed by atoms with Crippen LogP contribution in [0.25, 0.3) is 5.57 Å². The van der Waals surface area contributed by atoms with Crippen molar-refractivity contribution in [1.82, 2.24) is 4.90 Å². The van der Waals surface area contributed by atoms with E-state index in [0.717, 1.165) is 63.2 Å². The lowest BCUT2D eigenvalue weighted by Crippen LogP contribution is -2.28. The molecule has 0 saturated heterocycles. The van der Waals surface area contributed by atoms with E-state index in [1.54, 1.807) is 12.1 Å². The maximum Gasteiger partial charge on any atom is 0.224 e. The summed E-state index contributed by atoms with van der Waals surface area (Å²) in [7, 11) is 0. The molecule has 1 aromatic carbocycles. The Hall–Kier alpha value is -3.61. The smallest absolute Gasteiger partial charge is 0.224 e. The second-order valence-corrected chi connectivity index (χ2v) is 10.1. The van der Waals surface area contributed by atoms with Gasteiger partial charge in [0.25, 0.3) is 0 Å². The van der Waals surface area contributed by atoms with E-state index in [2.05, 4.69) is 29.0 Å². The van der Waals surface area contributed by atoms with Gasteiger partial charge in [-0.15, -0.1) is 0 Å². The van der Waals surface area contributed by atoms with E-state index >= 15 is 0 Å². The van der Waals surface area contributed by atoms with Crippen molar-refractivity contribution in [3.8, 4) is 0 Å². The number of anilines is 2. The summed E-state index contributed by atoms with van der Waals surface area (Å²) in [4.78, 5) is 43.5. The van der Waals surface area contributed by atoms with E-state index in [1.807, 2.05) is 32.1 Å². The SMILES string of the molecule is CCN(CC)C1=CC(=O)/C(=C2/C(=O)C(c3ccc(N(CC)CC)cc3NC(=O)CC3CCCC3)=C2O)C=C1. The van der Waals surface area contributed by atoms with Gasteiger partial charge in [0.1, 0.15) is 5.76 Å². The highest BCUT2D eigenvalue weighted by molar-refractivity contribution is 6.42. The first-order valence-electron chi connectivity index (χ1n) is 13.9. The number of hydrogen-bond acceptors (Lipinski definition) is 6. The lowest BCUT2D eigenvalue weighted by molar-refractivity contribution is -0.117. The van der Waals surface area contributed by atoms with Gasteiger partial charge in [-0.3, -0.25) is 14.4 Å². The van der Waals surface area contributed by atoms with Gasteiger partial charge < -0.3 is 20.2 Å². The number of allylic oxidation sites excluding steroid dienone is 6. The number of nitrogens with one attached hydrogen (secondary N) is 1. The van der Waals surface area contributed by atoms with Crippen LogP contribution in [-0.2, 0) is 14.4 Å². The van der Waals surface area contributed by atoms with E-state index in [-0.39, 0.29) is 34.2 Å². The summed E-state index contributed by atoms with van der Waals surface area (Å²) in [5.41, 5.74) is 3.06. The molecule has 0 aromatic heterocycles. The van der Waals surface area contributed by atoms with Gasteiger partial charge in [-0.25, -0.2) is 0 Å². The van der Waals surface area contributed by atoms with Crippen LogP contribution in [-0.4, -0.2) is 53.7 Å². The van der Waals surface area contributed by atoms with Gasteiger partial charge in [-0.2, -0.15) is 0 Å². The Morgan fingerprint density at radius 3 is 2.18 bits per heavy atom. The standard InChI is InChI=1S/C31H39N3O4/c1-5-33(6-2)21-13-15-23(25(18-21)32-27(36)17-20-11-9-10-12-20)28-30(37)29(31(28)38)24-16-14-22(19-26(24)35)34(7-3)8-4/h13-16,18-20,37H,5-12,17H2,1-4H3,(H,32,36)/b29-24+. The van der Waals surface area contributed by atoms with Crippen molar-refractivity contribution >= 4 is 34.4 Å². The molecule has 0 spiro atoms. The average Bonchev–Trinajstić information content (AvgIpc) is 3.41. The molecule has 1 amide bonds. The fourth-order valence-corrected chi connectivity index (χ4v) is 5.72. The minimum Gasteiger partial charge on any atom is -0.506 e. The van der Waals surface area contributed by atoms with Crippen LogP contribution in [0.2, 0.25) is 0 Å². The number of nitrogens with zero attached hydrogens (tertiary/aromatic N) is 2. The van der Waals surface area contributed by atoms with Crippen LogP contribution in [0.3, 0.4) is 0 Å². The zero-order chi connectivity index (χ0) is 27.4. The second-order valence-electron chi connectivity index (χ2n) is 10.1. The Morgan fingerprint density at radius 1 is 0.947 bits per heavy atom. The van der Waals surface area contributed by atoms with Gasteiger partial charge >= 0.3 is 0 Å². The molecule has 38 heavy (non-hydrogen) atoms. The third-order valence-electron chi connectivity index (χ3n) is 7.91. The fourth-order valence-electron chi connectivity index (χ4n) is 5.72. The van der Waals surface area contributed by atoms with E-state index in [9.17, 15) is 19.5 Å². The normalized spacial score (nSPS) is 19.5. The lowest BCUT2D eigenvalue weighted by Gasteiger charge is -2.28. The quantitative estimate of drug-likeness (QED) is 0.395. The molecule has 7 heteroatoms. The molecule has 1 fully saturated rings. The maximum absolute atomic E-state index is 13.4. The Balaban J connectivity index is 1.68. The molecule has 0 aliphatic heterocycles. The number of aliphatic hydroxyl groups is 1. The summed E-state index contributed by atoms with van der Waals surface area (Å²) < 4.78 is 0. The molecule has 3 aliphatic rings. The molecule has 0 bridgehead atoms. The third kappa shape index (κ3) is 5.33. The highest BCUT2D eigenvalue weighted by atomic mass is 16.3. The molecule has 1 aromatic rings. The van der Waals surface area contributed by atoms with Crippen LogP contribution in [0, 0.1) is 5.92 Å². The molecule has 2 N–H and O–H groups in total. The Morgan fingerprint density at radius 2 is 1.61 bits per heavy atom. The fraction of sp³-hybridized carbons (Fsp3) is 0.452. The first kappa shape index (κ1) is 27.4. The van der Waals surface area contributed by atoms with Gasteiger partial charge in [-0.1, -0.05) is 12.8 Å². The number of rotatable bonds is 10. The third-order valence-corrected chi connectivity index (χ3v) is 7.91. The van der Waals surface area contributed by atoms with E-state index < -0.39 is 5.78 Å². The highest BCUT2D eigenvalue weighted by Crippen LogP contribution is 2.43. The first-order valence-corrected chi connectivity index (χ1v) is 13.9. The summed E-state index contributed by atoms with van der Waals surface area (Å²) in [5, 5.41) is 14.1. The van der Waals surface area contributed by atoms with E-state index in [1.165, 1.54) is 6.08 Å². The minimum atomic E-state index is -0.392. The number of likely N-dealkylation sites (N-methyl/N-ethyl adjacent to an activating group) is 1. The number of ketones is 2.